The molecule has 4 nitrogen and oxygen atoms in total. The summed E-state index contributed by atoms with van der Waals surface area (Å²) in [6, 6.07) is 13.3. The number of carbonyl (C=O) groups excluding carboxylic acids is 2. The lowest BCUT2D eigenvalue weighted by molar-refractivity contribution is -0.139. The minimum Gasteiger partial charge on any atom is -0.445 e. The van der Waals surface area contributed by atoms with Crippen molar-refractivity contribution in [2.45, 2.75) is 25.4 Å². The number of rotatable bonds is 4. The van der Waals surface area contributed by atoms with Crippen LogP contribution in [0.3, 0.4) is 0 Å². The Morgan fingerprint density at radius 3 is 2.67 bits per heavy atom. The smallest absolute Gasteiger partial charge is 0.339 e. The van der Waals surface area contributed by atoms with Crippen molar-refractivity contribution >= 4 is 11.9 Å². The van der Waals surface area contributed by atoms with E-state index < -0.39 is 11.6 Å². The maximum absolute atomic E-state index is 12.9. The first-order chi connectivity index (χ1) is 11.5. The molecule has 3 rings (SSSR count). The van der Waals surface area contributed by atoms with Gasteiger partial charge >= 0.3 is 5.97 Å². The summed E-state index contributed by atoms with van der Waals surface area (Å²) in [5.74, 6) is -1.09. The molecule has 2 aromatic carbocycles. The molecule has 0 radical (unpaired) electrons. The quantitative estimate of drug-likeness (QED) is 0.879. The van der Waals surface area contributed by atoms with Gasteiger partial charge in [-0.05, 0) is 42.7 Å². The molecule has 0 aliphatic carbocycles. The van der Waals surface area contributed by atoms with Crippen molar-refractivity contribution in [3.8, 4) is 0 Å². The first kappa shape index (κ1) is 16.2. The van der Waals surface area contributed by atoms with Crippen LogP contribution in [0, 0.1) is 5.82 Å². The maximum atomic E-state index is 12.9. The molecule has 0 spiro atoms. The molecule has 0 fully saturated rings. The topological polar surface area (TPSA) is 55.4 Å². The molecule has 0 saturated heterocycles. The Morgan fingerprint density at radius 1 is 1.21 bits per heavy atom. The molecule has 1 aliphatic heterocycles. The molecule has 1 heterocycles. The fraction of sp³-hybridized carbons (Fsp3) is 0.263. The first-order valence-corrected chi connectivity index (χ1v) is 7.82. The highest BCUT2D eigenvalue weighted by atomic mass is 19.1. The third-order valence-electron chi connectivity index (χ3n) is 4.18. The minimum atomic E-state index is -1.21. The molecule has 1 atom stereocenters. The van der Waals surface area contributed by atoms with Crippen LogP contribution < -0.4 is 5.32 Å². The van der Waals surface area contributed by atoms with E-state index in [2.05, 4.69) is 5.32 Å². The van der Waals surface area contributed by atoms with Gasteiger partial charge in [0.1, 0.15) is 5.82 Å². The number of halogens is 1. The lowest BCUT2D eigenvalue weighted by Gasteiger charge is -2.33. The SMILES string of the molecule is CC1(C(=O)NCCc2ccc(F)cc2)Cc2ccccc2C(=O)O1. The molecule has 1 amide bonds. The van der Waals surface area contributed by atoms with E-state index in [4.69, 9.17) is 4.74 Å². The van der Waals surface area contributed by atoms with Gasteiger partial charge < -0.3 is 10.1 Å². The van der Waals surface area contributed by atoms with Crippen molar-refractivity contribution in [1.82, 2.24) is 5.32 Å². The van der Waals surface area contributed by atoms with E-state index in [1.54, 1.807) is 31.2 Å². The summed E-state index contributed by atoms with van der Waals surface area (Å²) in [6.07, 6.45) is 0.921. The molecule has 1 N–H and O–H groups in total. The number of benzene rings is 2. The number of hydrogen-bond acceptors (Lipinski definition) is 3. The Labute approximate surface area is 139 Å². The molecular formula is C19H18FNO3. The summed E-state index contributed by atoms with van der Waals surface area (Å²) in [6.45, 7) is 2.01. The number of nitrogens with one attached hydrogen (secondary N) is 1. The van der Waals surface area contributed by atoms with Gasteiger partial charge in [0, 0.05) is 13.0 Å². The molecule has 5 heteroatoms. The molecule has 0 bridgehead atoms. The molecule has 124 valence electrons. The van der Waals surface area contributed by atoms with E-state index >= 15 is 0 Å². The summed E-state index contributed by atoms with van der Waals surface area (Å²) in [5, 5.41) is 2.80. The first-order valence-electron chi connectivity index (χ1n) is 7.82. The third kappa shape index (κ3) is 3.30. The van der Waals surface area contributed by atoms with Crippen LogP contribution in [0.15, 0.2) is 48.5 Å². The molecule has 24 heavy (non-hydrogen) atoms. The van der Waals surface area contributed by atoms with E-state index in [1.165, 1.54) is 12.1 Å². The maximum Gasteiger partial charge on any atom is 0.339 e. The highest BCUT2D eigenvalue weighted by Crippen LogP contribution is 2.28. The van der Waals surface area contributed by atoms with Crippen molar-refractivity contribution in [2.24, 2.45) is 0 Å². The number of carbonyl (C=O) groups is 2. The number of fused-ring (bicyclic) bond motifs is 1. The number of esters is 1. The third-order valence-corrected chi connectivity index (χ3v) is 4.18. The Kier molecular flexibility index (Phi) is 4.34. The monoisotopic (exact) mass is 327 g/mol. The van der Waals surface area contributed by atoms with Crippen LogP contribution in [0.4, 0.5) is 4.39 Å². The van der Waals surface area contributed by atoms with Gasteiger partial charge in [0.2, 0.25) is 0 Å². The summed E-state index contributed by atoms with van der Waals surface area (Å²) in [7, 11) is 0. The summed E-state index contributed by atoms with van der Waals surface area (Å²) in [5.41, 5.74) is 1.03. The predicted molar refractivity (Wildman–Crippen MR) is 87.1 cm³/mol. The molecular weight excluding hydrogens is 309 g/mol. The Morgan fingerprint density at radius 2 is 1.92 bits per heavy atom. The average Bonchev–Trinajstić information content (AvgIpc) is 2.56. The molecule has 0 aromatic heterocycles. The fourth-order valence-corrected chi connectivity index (χ4v) is 2.82. The standard InChI is InChI=1S/C19H18FNO3/c1-19(12-14-4-2-3-5-16(14)17(22)24-19)18(23)21-11-10-13-6-8-15(20)9-7-13/h2-9H,10-12H2,1H3,(H,21,23). The van der Waals surface area contributed by atoms with Gasteiger partial charge in [-0.15, -0.1) is 0 Å². The average molecular weight is 327 g/mol. The second kappa shape index (κ2) is 6.43. The van der Waals surface area contributed by atoms with Crippen LogP contribution in [0.25, 0.3) is 0 Å². The number of amides is 1. The number of hydrogen-bond donors (Lipinski definition) is 1. The van der Waals surface area contributed by atoms with Gasteiger partial charge in [0.25, 0.3) is 5.91 Å². The van der Waals surface area contributed by atoms with E-state index in [0.717, 1.165) is 11.1 Å². The van der Waals surface area contributed by atoms with Crippen molar-refractivity contribution in [3.05, 3.63) is 71.0 Å². The van der Waals surface area contributed by atoms with Crippen LogP contribution in [0.2, 0.25) is 0 Å². The van der Waals surface area contributed by atoms with Crippen LogP contribution in [0.1, 0.15) is 28.4 Å². The molecule has 1 unspecified atom stereocenters. The normalized spacial score (nSPS) is 19.3. The van der Waals surface area contributed by atoms with Crippen LogP contribution >= 0.6 is 0 Å². The van der Waals surface area contributed by atoms with Gasteiger partial charge in [-0.25, -0.2) is 9.18 Å². The highest BCUT2D eigenvalue weighted by Gasteiger charge is 2.42. The second-order valence-corrected chi connectivity index (χ2v) is 6.09. The number of cyclic esters (lactones) is 1. The van der Waals surface area contributed by atoms with Gasteiger partial charge in [0.05, 0.1) is 5.56 Å². The molecule has 0 saturated carbocycles. The Bertz CT molecular complexity index is 772. The summed E-state index contributed by atoms with van der Waals surface area (Å²) in [4.78, 5) is 24.6. The zero-order chi connectivity index (χ0) is 17.2. The van der Waals surface area contributed by atoms with Gasteiger partial charge in [-0.1, -0.05) is 30.3 Å². The van der Waals surface area contributed by atoms with Crippen LogP contribution in [0.5, 0.6) is 0 Å². The van der Waals surface area contributed by atoms with Gasteiger partial charge in [-0.3, -0.25) is 4.79 Å². The zero-order valence-electron chi connectivity index (χ0n) is 13.3. The van der Waals surface area contributed by atoms with Crippen molar-refractivity contribution in [3.63, 3.8) is 0 Å². The van der Waals surface area contributed by atoms with Crippen LogP contribution in [-0.4, -0.2) is 24.0 Å². The van der Waals surface area contributed by atoms with Crippen molar-refractivity contribution < 1.29 is 18.7 Å². The highest BCUT2D eigenvalue weighted by molar-refractivity contribution is 5.97. The predicted octanol–water partition coefficient (Wildman–Crippen LogP) is 2.66. The Hall–Kier alpha value is -2.69. The van der Waals surface area contributed by atoms with Crippen molar-refractivity contribution in [2.75, 3.05) is 6.54 Å². The van der Waals surface area contributed by atoms with E-state index in [1.807, 2.05) is 12.1 Å². The molecule has 1 aliphatic rings. The second-order valence-electron chi connectivity index (χ2n) is 6.09. The zero-order valence-corrected chi connectivity index (χ0v) is 13.3. The van der Waals surface area contributed by atoms with Gasteiger partial charge in [-0.2, -0.15) is 0 Å². The minimum absolute atomic E-state index is 0.289. The van der Waals surface area contributed by atoms with E-state index in [-0.39, 0.29) is 11.7 Å². The largest absolute Gasteiger partial charge is 0.445 e. The Balaban J connectivity index is 1.62. The summed E-state index contributed by atoms with van der Waals surface area (Å²) >= 11 is 0. The lowest BCUT2D eigenvalue weighted by atomic mass is 9.89. The summed E-state index contributed by atoms with van der Waals surface area (Å²) < 4.78 is 18.3. The fourth-order valence-electron chi connectivity index (χ4n) is 2.82. The van der Waals surface area contributed by atoms with Gasteiger partial charge in [0.15, 0.2) is 5.60 Å². The lowest BCUT2D eigenvalue weighted by Crippen LogP contribution is -2.52. The van der Waals surface area contributed by atoms with E-state index in [0.29, 0.717) is 24.9 Å². The van der Waals surface area contributed by atoms with E-state index in [9.17, 15) is 14.0 Å². The molecule has 2 aromatic rings. The van der Waals surface area contributed by atoms with Crippen LogP contribution in [-0.2, 0) is 22.4 Å². The van der Waals surface area contributed by atoms with Crippen molar-refractivity contribution in [1.29, 1.82) is 0 Å². The number of ether oxygens (including phenoxy) is 1.